The second kappa shape index (κ2) is 8.63. The molecular formula is C20H33N3O. The number of amides is 1. The second-order valence-corrected chi connectivity index (χ2v) is 7.99. The van der Waals surface area contributed by atoms with Crippen molar-refractivity contribution < 1.29 is 4.79 Å². The quantitative estimate of drug-likeness (QED) is 0.869. The first-order valence-corrected chi connectivity index (χ1v) is 9.20. The number of nitrogens with zero attached hydrogens (tertiary/aromatic N) is 2. The van der Waals surface area contributed by atoms with Crippen LogP contribution < -0.4 is 5.32 Å². The minimum absolute atomic E-state index is 0.0963. The van der Waals surface area contributed by atoms with E-state index in [2.05, 4.69) is 48.9 Å². The Hall–Kier alpha value is -1.39. The first-order valence-electron chi connectivity index (χ1n) is 9.20. The molecule has 4 heteroatoms. The summed E-state index contributed by atoms with van der Waals surface area (Å²) in [6.07, 6.45) is 2.16. The summed E-state index contributed by atoms with van der Waals surface area (Å²) in [4.78, 5) is 17.1. The van der Waals surface area contributed by atoms with Gasteiger partial charge in [0.05, 0.1) is 6.54 Å². The van der Waals surface area contributed by atoms with Gasteiger partial charge in [-0.15, -0.1) is 0 Å². The van der Waals surface area contributed by atoms with Crippen LogP contribution >= 0.6 is 0 Å². The van der Waals surface area contributed by atoms with E-state index in [0.29, 0.717) is 12.0 Å². The number of carbonyl (C=O) groups is 1. The Morgan fingerprint density at radius 1 is 1.08 bits per heavy atom. The second-order valence-electron chi connectivity index (χ2n) is 7.99. The fourth-order valence-corrected chi connectivity index (χ4v) is 3.01. The van der Waals surface area contributed by atoms with E-state index in [-0.39, 0.29) is 5.91 Å². The third-order valence-corrected chi connectivity index (χ3v) is 4.68. The highest BCUT2D eigenvalue weighted by atomic mass is 16.2. The van der Waals surface area contributed by atoms with Crippen molar-refractivity contribution in [1.82, 2.24) is 9.80 Å². The predicted octanol–water partition coefficient (Wildman–Crippen LogP) is 3.24. The minimum atomic E-state index is 0.0963. The molecule has 24 heavy (non-hydrogen) atoms. The van der Waals surface area contributed by atoms with Gasteiger partial charge in [-0.1, -0.05) is 45.9 Å². The van der Waals surface area contributed by atoms with Gasteiger partial charge in [0.15, 0.2) is 0 Å². The van der Waals surface area contributed by atoms with Gasteiger partial charge in [0.1, 0.15) is 0 Å². The maximum absolute atomic E-state index is 12.3. The number of piperazine rings is 1. The number of hydrogen-bond donors (Lipinski definition) is 1. The number of rotatable bonds is 6. The van der Waals surface area contributed by atoms with Crippen LogP contribution in [0.4, 0.5) is 5.69 Å². The molecule has 1 aliphatic heterocycles. The molecule has 1 amide bonds. The average molecular weight is 332 g/mol. The number of aryl methyl sites for hydroxylation is 1. The molecule has 1 fully saturated rings. The Morgan fingerprint density at radius 3 is 2.33 bits per heavy atom. The zero-order valence-corrected chi connectivity index (χ0v) is 15.8. The van der Waals surface area contributed by atoms with Crippen molar-refractivity contribution in [3.05, 3.63) is 29.8 Å². The molecule has 0 saturated carbocycles. The first-order chi connectivity index (χ1) is 11.4. The van der Waals surface area contributed by atoms with Gasteiger partial charge >= 0.3 is 0 Å². The number of nitrogens with one attached hydrogen (secondary N) is 1. The summed E-state index contributed by atoms with van der Waals surface area (Å²) in [6.45, 7) is 14.7. The Bertz CT molecular complexity index is 528. The molecule has 0 radical (unpaired) electrons. The molecule has 4 nitrogen and oxygen atoms in total. The van der Waals surface area contributed by atoms with Crippen molar-refractivity contribution in [2.24, 2.45) is 5.41 Å². The van der Waals surface area contributed by atoms with E-state index in [0.717, 1.165) is 44.8 Å². The first kappa shape index (κ1) is 18.9. The Kier molecular flexibility index (Phi) is 6.81. The molecular weight excluding hydrogens is 298 g/mol. The smallest absolute Gasteiger partial charge is 0.238 e. The summed E-state index contributed by atoms with van der Waals surface area (Å²) in [5.41, 5.74) is 2.54. The highest BCUT2D eigenvalue weighted by Crippen LogP contribution is 2.19. The summed E-state index contributed by atoms with van der Waals surface area (Å²) >= 11 is 0. The van der Waals surface area contributed by atoms with E-state index < -0.39 is 0 Å². The normalized spacial score (nSPS) is 17.0. The van der Waals surface area contributed by atoms with Crippen molar-refractivity contribution in [1.29, 1.82) is 0 Å². The zero-order chi connectivity index (χ0) is 17.6. The standard InChI is InChI=1S/C20H33N3O/c1-5-17-8-6-7-9-18(17)21-19(24)16-23-14-12-22(13-15-23)11-10-20(2,3)4/h6-9H,5,10-16H2,1-4H3,(H,21,24). The average Bonchev–Trinajstić information content (AvgIpc) is 2.54. The molecule has 1 heterocycles. The van der Waals surface area contributed by atoms with E-state index in [9.17, 15) is 4.79 Å². The number of benzene rings is 1. The summed E-state index contributed by atoms with van der Waals surface area (Å²) in [7, 11) is 0. The van der Waals surface area contributed by atoms with Crippen LogP contribution in [0.5, 0.6) is 0 Å². The number of para-hydroxylation sites is 1. The van der Waals surface area contributed by atoms with Gasteiger partial charge in [-0.05, 0) is 36.4 Å². The lowest BCUT2D eigenvalue weighted by Gasteiger charge is -2.35. The molecule has 2 rings (SSSR count). The monoisotopic (exact) mass is 331 g/mol. The lowest BCUT2D eigenvalue weighted by Crippen LogP contribution is -2.49. The number of carbonyl (C=O) groups excluding carboxylic acids is 1. The highest BCUT2D eigenvalue weighted by molar-refractivity contribution is 5.93. The highest BCUT2D eigenvalue weighted by Gasteiger charge is 2.20. The van der Waals surface area contributed by atoms with E-state index in [1.165, 1.54) is 12.0 Å². The Morgan fingerprint density at radius 2 is 1.71 bits per heavy atom. The molecule has 1 saturated heterocycles. The summed E-state index contributed by atoms with van der Waals surface area (Å²) < 4.78 is 0. The Labute approximate surface area is 147 Å². The van der Waals surface area contributed by atoms with Crippen LogP contribution in [0.2, 0.25) is 0 Å². The number of hydrogen-bond acceptors (Lipinski definition) is 3. The maximum Gasteiger partial charge on any atom is 0.238 e. The van der Waals surface area contributed by atoms with Gasteiger partial charge in [-0.2, -0.15) is 0 Å². The van der Waals surface area contributed by atoms with Gasteiger partial charge in [0, 0.05) is 31.9 Å². The van der Waals surface area contributed by atoms with Crippen LogP contribution in [0.15, 0.2) is 24.3 Å². The molecule has 0 spiro atoms. The lowest BCUT2D eigenvalue weighted by molar-refractivity contribution is -0.117. The molecule has 0 aromatic heterocycles. The zero-order valence-electron chi connectivity index (χ0n) is 15.8. The van der Waals surface area contributed by atoms with E-state index in [1.807, 2.05) is 18.2 Å². The van der Waals surface area contributed by atoms with Gasteiger partial charge in [0.25, 0.3) is 0 Å². The van der Waals surface area contributed by atoms with Crippen molar-refractivity contribution in [3.63, 3.8) is 0 Å². The summed E-state index contributed by atoms with van der Waals surface area (Å²) in [6, 6.07) is 8.05. The van der Waals surface area contributed by atoms with Gasteiger partial charge in [-0.25, -0.2) is 0 Å². The maximum atomic E-state index is 12.3. The van der Waals surface area contributed by atoms with Crippen molar-refractivity contribution in [2.75, 3.05) is 44.6 Å². The largest absolute Gasteiger partial charge is 0.325 e. The third-order valence-electron chi connectivity index (χ3n) is 4.68. The minimum Gasteiger partial charge on any atom is -0.325 e. The molecule has 0 unspecified atom stereocenters. The molecule has 1 N–H and O–H groups in total. The van der Waals surface area contributed by atoms with Crippen molar-refractivity contribution in [2.45, 2.75) is 40.5 Å². The Balaban J connectivity index is 1.74. The van der Waals surface area contributed by atoms with E-state index >= 15 is 0 Å². The lowest BCUT2D eigenvalue weighted by atomic mass is 9.92. The van der Waals surface area contributed by atoms with Gasteiger partial charge < -0.3 is 10.2 Å². The van der Waals surface area contributed by atoms with Crippen LogP contribution in [-0.4, -0.2) is 55.0 Å². The molecule has 1 aromatic rings. The molecule has 0 bridgehead atoms. The SMILES string of the molecule is CCc1ccccc1NC(=O)CN1CCN(CCC(C)(C)C)CC1. The predicted molar refractivity (Wildman–Crippen MR) is 101 cm³/mol. The van der Waals surface area contributed by atoms with E-state index in [4.69, 9.17) is 0 Å². The fourth-order valence-electron chi connectivity index (χ4n) is 3.01. The van der Waals surface area contributed by atoms with Gasteiger partial charge in [-0.3, -0.25) is 9.69 Å². The molecule has 134 valence electrons. The van der Waals surface area contributed by atoms with Crippen LogP contribution in [0.25, 0.3) is 0 Å². The summed E-state index contributed by atoms with van der Waals surface area (Å²) in [5.74, 6) is 0.0963. The van der Waals surface area contributed by atoms with Crippen LogP contribution in [0.1, 0.15) is 39.7 Å². The molecule has 1 aliphatic rings. The fraction of sp³-hybridized carbons (Fsp3) is 0.650. The molecule has 0 aliphatic carbocycles. The van der Waals surface area contributed by atoms with Crippen LogP contribution in [0, 0.1) is 5.41 Å². The van der Waals surface area contributed by atoms with Crippen LogP contribution in [0.3, 0.4) is 0 Å². The third kappa shape index (κ3) is 6.25. The van der Waals surface area contributed by atoms with Crippen LogP contribution in [-0.2, 0) is 11.2 Å². The number of anilines is 1. The van der Waals surface area contributed by atoms with E-state index in [1.54, 1.807) is 0 Å². The molecule has 1 aromatic carbocycles. The van der Waals surface area contributed by atoms with Gasteiger partial charge in [0.2, 0.25) is 5.91 Å². The summed E-state index contributed by atoms with van der Waals surface area (Å²) in [5, 5.41) is 3.07. The van der Waals surface area contributed by atoms with Crippen molar-refractivity contribution >= 4 is 11.6 Å². The van der Waals surface area contributed by atoms with Crippen molar-refractivity contribution in [3.8, 4) is 0 Å². The molecule has 0 atom stereocenters. The topological polar surface area (TPSA) is 35.6 Å².